The molecule has 110 valence electrons. The predicted molar refractivity (Wildman–Crippen MR) is 71.0 cm³/mol. The van der Waals surface area contributed by atoms with Crippen molar-refractivity contribution < 1.29 is 18.7 Å². The molecule has 1 amide bonds. The summed E-state index contributed by atoms with van der Waals surface area (Å²) in [6, 6.07) is 3.82. The number of nitrogens with one attached hydrogen (secondary N) is 1. The Balaban J connectivity index is 1.82. The minimum absolute atomic E-state index is 0.0613. The number of aliphatic hydroxyl groups is 1. The molecule has 0 aliphatic heterocycles. The number of rotatable bonds is 4. The van der Waals surface area contributed by atoms with E-state index in [-0.39, 0.29) is 29.9 Å². The first-order valence-corrected chi connectivity index (χ1v) is 6.94. The molecule has 0 saturated heterocycles. The molecule has 0 aromatic heterocycles. The molecule has 2 unspecified atom stereocenters. The molecule has 0 radical (unpaired) electrons. The van der Waals surface area contributed by atoms with Crippen molar-refractivity contribution in [2.45, 2.75) is 38.2 Å². The fourth-order valence-corrected chi connectivity index (χ4v) is 2.63. The van der Waals surface area contributed by atoms with Crippen molar-refractivity contribution in [1.29, 1.82) is 0 Å². The topological polar surface area (TPSA) is 49.3 Å². The van der Waals surface area contributed by atoms with E-state index in [9.17, 15) is 18.7 Å². The maximum atomic E-state index is 13.4. The lowest BCUT2D eigenvalue weighted by Gasteiger charge is -2.25. The first-order valence-electron chi connectivity index (χ1n) is 6.94. The summed E-state index contributed by atoms with van der Waals surface area (Å²) in [6.07, 6.45) is 2.99. The second kappa shape index (κ2) is 6.79. The highest BCUT2D eigenvalue weighted by Crippen LogP contribution is 2.23. The SMILES string of the molecule is O=C(Cc1cccc(F)c1F)NCC1CCCC(O)C1. The van der Waals surface area contributed by atoms with Crippen LogP contribution in [0, 0.1) is 17.6 Å². The molecule has 1 aliphatic rings. The van der Waals surface area contributed by atoms with Crippen molar-refractivity contribution in [1.82, 2.24) is 5.32 Å². The van der Waals surface area contributed by atoms with Gasteiger partial charge in [-0.1, -0.05) is 18.6 Å². The minimum atomic E-state index is -0.962. The number of amides is 1. The third kappa shape index (κ3) is 4.00. The molecule has 0 bridgehead atoms. The van der Waals surface area contributed by atoms with Crippen LogP contribution in [0.2, 0.25) is 0 Å². The number of halogens is 2. The standard InChI is InChI=1S/C15H19F2NO2/c16-13-6-2-4-11(15(13)17)8-14(20)18-9-10-3-1-5-12(19)7-10/h2,4,6,10,12,19H,1,3,5,7-9H2,(H,18,20). The van der Waals surface area contributed by atoms with E-state index >= 15 is 0 Å². The van der Waals surface area contributed by atoms with Crippen molar-refractivity contribution in [3.63, 3.8) is 0 Å². The molecule has 2 atom stereocenters. The molecule has 1 saturated carbocycles. The van der Waals surface area contributed by atoms with Crippen LogP contribution in [0.25, 0.3) is 0 Å². The lowest BCUT2D eigenvalue weighted by atomic mass is 9.87. The third-order valence-electron chi connectivity index (χ3n) is 3.73. The number of carbonyl (C=O) groups is 1. The largest absolute Gasteiger partial charge is 0.393 e. The highest BCUT2D eigenvalue weighted by molar-refractivity contribution is 5.78. The predicted octanol–water partition coefficient (Wildman–Crippen LogP) is 2.17. The number of hydrogen-bond acceptors (Lipinski definition) is 2. The summed E-state index contributed by atoms with van der Waals surface area (Å²) >= 11 is 0. The van der Waals surface area contributed by atoms with E-state index in [1.807, 2.05) is 0 Å². The van der Waals surface area contributed by atoms with E-state index in [1.165, 1.54) is 12.1 Å². The maximum absolute atomic E-state index is 13.4. The average Bonchev–Trinajstić information content (AvgIpc) is 2.42. The quantitative estimate of drug-likeness (QED) is 0.889. The Morgan fingerprint density at radius 2 is 2.15 bits per heavy atom. The molecule has 2 N–H and O–H groups in total. The summed E-state index contributed by atoms with van der Waals surface area (Å²) in [4.78, 5) is 11.7. The molecule has 1 aromatic carbocycles. The van der Waals surface area contributed by atoms with Gasteiger partial charge >= 0.3 is 0 Å². The molecule has 2 rings (SSSR count). The van der Waals surface area contributed by atoms with Gasteiger partial charge < -0.3 is 10.4 Å². The van der Waals surface area contributed by atoms with E-state index in [4.69, 9.17) is 0 Å². The highest BCUT2D eigenvalue weighted by Gasteiger charge is 2.20. The van der Waals surface area contributed by atoms with Gasteiger partial charge in [-0.3, -0.25) is 4.79 Å². The van der Waals surface area contributed by atoms with Crippen LogP contribution in [-0.2, 0) is 11.2 Å². The Morgan fingerprint density at radius 1 is 1.35 bits per heavy atom. The highest BCUT2D eigenvalue weighted by atomic mass is 19.2. The molecule has 5 heteroatoms. The minimum Gasteiger partial charge on any atom is -0.393 e. The first kappa shape index (κ1) is 14.9. The smallest absolute Gasteiger partial charge is 0.224 e. The third-order valence-corrected chi connectivity index (χ3v) is 3.73. The second-order valence-corrected chi connectivity index (χ2v) is 5.38. The van der Waals surface area contributed by atoms with Gasteiger partial charge in [0.25, 0.3) is 0 Å². The van der Waals surface area contributed by atoms with Crippen molar-refractivity contribution in [2.75, 3.05) is 6.54 Å². The molecular weight excluding hydrogens is 264 g/mol. The van der Waals surface area contributed by atoms with Gasteiger partial charge in [-0.05, 0) is 31.2 Å². The number of benzene rings is 1. The van der Waals surface area contributed by atoms with Gasteiger partial charge in [0, 0.05) is 12.1 Å². The van der Waals surface area contributed by atoms with Gasteiger partial charge in [0.1, 0.15) is 0 Å². The number of carbonyl (C=O) groups excluding carboxylic acids is 1. The van der Waals surface area contributed by atoms with Crippen LogP contribution in [0.15, 0.2) is 18.2 Å². The van der Waals surface area contributed by atoms with Crippen molar-refractivity contribution >= 4 is 5.91 Å². The molecule has 20 heavy (non-hydrogen) atoms. The zero-order valence-corrected chi connectivity index (χ0v) is 11.2. The molecule has 1 aliphatic carbocycles. The van der Waals surface area contributed by atoms with Crippen molar-refractivity contribution in [3.05, 3.63) is 35.4 Å². The average molecular weight is 283 g/mol. The fourth-order valence-electron chi connectivity index (χ4n) is 2.63. The van der Waals surface area contributed by atoms with Crippen LogP contribution in [0.3, 0.4) is 0 Å². The zero-order valence-electron chi connectivity index (χ0n) is 11.2. The van der Waals surface area contributed by atoms with E-state index < -0.39 is 11.6 Å². The zero-order chi connectivity index (χ0) is 14.5. The van der Waals surface area contributed by atoms with Gasteiger partial charge in [0.2, 0.25) is 5.91 Å². The summed E-state index contributed by atoms with van der Waals surface area (Å²) in [5.74, 6) is -1.96. The normalized spacial score (nSPS) is 22.6. The molecule has 0 heterocycles. The van der Waals surface area contributed by atoms with Gasteiger partial charge in [-0.2, -0.15) is 0 Å². The molecular formula is C15H19F2NO2. The Morgan fingerprint density at radius 3 is 2.90 bits per heavy atom. The molecule has 1 aromatic rings. The summed E-state index contributed by atoms with van der Waals surface area (Å²) in [6.45, 7) is 0.479. The van der Waals surface area contributed by atoms with Gasteiger partial charge in [0.15, 0.2) is 11.6 Å². The summed E-state index contributed by atoms with van der Waals surface area (Å²) in [5, 5.41) is 12.3. The van der Waals surface area contributed by atoms with Crippen LogP contribution in [0.4, 0.5) is 8.78 Å². The monoisotopic (exact) mass is 283 g/mol. The number of hydrogen-bond donors (Lipinski definition) is 2. The van der Waals surface area contributed by atoms with Gasteiger partial charge in [-0.15, -0.1) is 0 Å². The summed E-state index contributed by atoms with van der Waals surface area (Å²) in [7, 11) is 0. The van der Waals surface area contributed by atoms with Crippen molar-refractivity contribution in [3.8, 4) is 0 Å². The van der Waals surface area contributed by atoms with Gasteiger partial charge in [-0.25, -0.2) is 8.78 Å². The molecule has 1 fully saturated rings. The maximum Gasteiger partial charge on any atom is 0.224 e. The Hall–Kier alpha value is -1.49. The van der Waals surface area contributed by atoms with Crippen LogP contribution in [0.1, 0.15) is 31.2 Å². The summed E-state index contributed by atoms with van der Waals surface area (Å²) in [5.41, 5.74) is 0.0613. The van der Waals surface area contributed by atoms with Crippen LogP contribution < -0.4 is 5.32 Å². The Labute approximate surface area is 117 Å². The lowest BCUT2D eigenvalue weighted by Crippen LogP contribution is -2.33. The second-order valence-electron chi connectivity index (χ2n) is 5.38. The van der Waals surface area contributed by atoms with E-state index in [1.54, 1.807) is 0 Å². The van der Waals surface area contributed by atoms with Crippen LogP contribution >= 0.6 is 0 Å². The number of aliphatic hydroxyl groups excluding tert-OH is 1. The Kier molecular flexibility index (Phi) is 5.06. The fraction of sp³-hybridized carbons (Fsp3) is 0.533. The summed E-state index contributed by atoms with van der Waals surface area (Å²) < 4.78 is 26.4. The Bertz CT molecular complexity index is 479. The first-order chi connectivity index (χ1) is 9.56. The van der Waals surface area contributed by atoms with E-state index in [2.05, 4.69) is 5.32 Å². The van der Waals surface area contributed by atoms with Crippen LogP contribution in [-0.4, -0.2) is 23.7 Å². The molecule has 0 spiro atoms. The van der Waals surface area contributed by atoms with E-state index in [0.29, 0.717) is 13.0 Å². The van der Waals surface area contributed by atoms with E-state index in [0.717, 1.165) is 25.3 Å². The van der Waals surface area contributed by atoms with Crippen LogP contribution in [0.5, 0.6) is 0 Å². The molecule has 3 nitrogen and oxygen atoms in total. The van der Waals surface area contributed by atoms with Crippen molar-refractivity contribution in [2.24, 2.45) is 5.92 Å². The van der Waals surface area contributed by atoms with Gasteiger partial charge in [0.05, 0.1) is 12.5 Å². The lowest BCUT2D eigenvalue weighted by molar-refractivity contribution is -0.120.